The highest BCUT2D eigenvalue weighted by Gasteiger charge is 2.21. The summed E-state index contributed by atoms with van der Waals surface area (Å²) in [6.07, 6.45) is 4.37. The van der Waals surface area contributed by atoms with Crippen LogP contribution in [0.2, 0.25) is 5.02 Å². The average molecular weight is 491 g/mol. The number of nitrogens with two attached hydrogens (primary N) is 1. The summed E-state index contributed by atoms with van der Waals surface area (Å²) in [5.41, 5.74) is 6.17. The normalized spacial score (nSPS) is 11.3. The van der Waals surface area contributed by atoms with Gasteiger partial charge in [-0.15, -0.1) is 0 Å². The minimum atomic E-state index is -0.826. The molecule has 0 aliphatic heterocycles. The van der Waals surface area contributed by atoms with Gasteiger partial charge < -0.3 is 15.3 Å². The number of nitrogens with zero attached hydrogens (tertiary/aromatic N) is 2. The van der Waals surface area contributed by atoms with Crippen molar-refractivity contribution < 1.29 is 13.6 Å². The molecular weight excluding hydrogens is 474 g/mol. The number of H-pyrrole nitrogens is 1. The number of halogens is 3. The molecule has 0 radical (unpaired) electrons. The van der Waals surface area contributed by atoms with Crippen molar-refractivity contribution in [1.29, 1.82) is 0 Å². The number of hydrogen-bond acceptors (Lipinski definition) is 3. The lowest BCUT2D eigenvalue weighted by atomic mass is 9.89. The van der Waals surface area contributed by atoms with Gasteiger partial charge in [-0.05, 0) is 41.7 Å². The highest BCUT2D eigenvalue weighted by Crippen LogP contribution is 2.29. The van der Waals surface area contributed by atoms with E-state index in [2.05, 4.69) is 33.6 Å². The van der Waals surface area contributed by atoms with Gasteiger partial charge in [0.1, 0.15) is 17.3 Å². The first-order valence-electron chi connectivity index (χ1n) is 10.3. The molecule has 0 aliphatic rings. The molecule has 1 unspecified atom stereocenters. The van der Waals surface area contributed by atoms with Gasteiger partial charge in [0.25, 0.3) is 11.5 Å². The Morgan fingerprint density at radius 2 is 2.06 bits per heavy atom. The molecule has 35 heavy (non-hydrogen) atoms. The Morgan fingerprint density at radius 1 is 1.26 bits per heavy atom. The summed E-state index contributed by atoms with van der Waals surface area (Å²) in [4.78, 5) is 31.5. The first kappa shape index (κ1) is 23.7. The summed E-state index contributed by atoms with van der Waals surface area (Å²) >= 11 is 6.20. The number of amides is 1. The molecule has 1 aromatic carbocycles. The van der Waals surface area contributed by atoms with Crippen LogP contribution in [0.15, 0.2) is 53.7 Å². The molecule has 174 valence electrons. The Hall–Kier alpha value is -4.40. The van der Waals surface area contributed by atoms with Crippen molar-refractivity contribution in [1.82, 2.24) is 14.5 Å². The maximum Gasteiger partial charge on any atom is 0.254 e. The van der Waals surface area contributed by atoms with E-state index in [9.17, 15) is 18.4 Å². The average Bonchev–Trinajstić information content (AvgIpc) is 3.21. The molecule has 0 spiro atoms. The number of hydrogen-bond donors (Lipinski definition) is 2. The maximum absolute atomic E-state index is 14.6. The monoisotopic (exact) mass is 490 g/mol. The molecule has 0 saturated heterocycles. The van der Waals surface area contributed by atoms with E-state index in [-0.39, 0.29) is 34.2 Å². The molecule has 0 fully saturated rings. The molecule has 3 aromatic heterocycles. The van der Waals surface area contributed by atoms with Crippen LogP contribution in [-0.2, 0) is 7.05 Å². The van der Waals surface area contributed by atoms with E-state index in [4.69, 9.17) is 17.3 Å². The minimum Gasteiger partial charge on any atom is -0.366 e. The molecule has 4 rings (SSSR count). The Bertz CT molecular complexity index is 1650. The van der Waals surface area contributed by atoms with Crippen LogP contribution in [0, 0.1) is 35.3 Å². The van der Waals surface area contributed by atoms with Gasteiger partial charge in [0.15, 0.2) is 0 Å². The van der Waals surface area contributed by atoms with Gasteiger partial charge in [-0.3, -0.25) is 9.59 Å². The first-order valence-corrected chi connectivity index (χ1v) is 10.7. The van der Waals surface area contributed by atoms with E-state index in [0.29, 0.717) is 16.1 Å². The van der Waals surface area contributed by atoms with Crippen molar-refractivity contribution in [3.05, 3.63) is 98.2 Å². The maximum atomic E-state index is 14.6. The number of aryl methyl sites for hydroxylation is 1. The van der Waals surface area contributed by atoms with Crippen LogP contribution in [-0.4, -0.2) is 20.4 Å². The van der Waals surface area contributed by atoms with E-state index in [0.717, 1.165) is 18.2 Å². The molecule has 3 N–H and O–H groups in total. The Kier molecular flexibility index (Phi) is 6.68. The van der Waals surface area contributed by atoms with Gasteiger partial charge in [-0.25, -0.2) is 13.8 Å². The number of nitrogens with one attached hydrogen (secondary N) is 1. The number of benzene rings is 1. The molecule has 9 heteroatoms. The van der Waals surface area contributed by atoms with Crippen LogP contribution in [0.5, 0.6) is 0 Å². The lowest BCUT2D eigenvalue weighted by Gasteiger charge is -2.16. The number of pyridine rings is 2. The van der Waals surface area contributed by atoms with Gasteiger partial charge in [0.2, 0.25) is 0 Å². The summed E-state index contributed by atoms with van der Waals surface area (Å²) in [5, 5.41) is 0.749. The third-order valence-corrected chi connectivity index (χ3v) is 5.72. The molecule has 4 aromatic rings. The van der Waals surface area contributed by atoms with Crippen LogP contribution < -0.4 is 11.3 Å². The van der Waals surface area contributed by atoms with Crippen molar-refractivity contribution in [2.75, 3.05) is 0 Å². The second-order valence-corrected chi connectivity index (χ2v) is 8.03. The van der Waals surface area contributed by atoms with Gasteiger partial charge >= 0.3 is 0 Å². The fraction of sp³-hybridized carbons (Fsp3) is 0.115. The second-order valence-electron chi connectivity index (χ2n) is 7.63. The van der Waals surface area contributed by atoms with Crippen LogP contribution in [0.3, 0.4) is 0 Å². The predicted octanol–water partition coefficient (Wildman–Crippen LogP) is 3.87. The number of fused-ring (bicyclic) bond motifs is 1. The summed E-state index contributed by atoms with van der Waals surface area (Å²) in [5.74, 6) is 8.07. The summed E-state index contributed by atoms with van der Waals surface area (Å²) < 4.78 is 29.9. The lowest BCUT2D eigenvalue weighted by Crippen LogP contribution is -2.23. The fourth-order valence-electron chi connectivity index (χ4n) is 3.72. The highest BCUT2D eigenvalue weighted by molar-refractivity contribution is 6.36. The largest absolute Gasteiger partial charge is 0.366 e. The molecule has 0 bridgehead atoms. The SMILES string of the molecule is Cn1cccc(C(CC#CC#Cc2c(C(N)=O)cnc3[nH]cc(Cl)c23)c2cc(F)ccc2F)c1=O. The highest BCUT2D eigenvalue weighted by atomic mass is 35.5. The quantitative estimate of drug-likeness (QED) is 0.425. The van der Waals surface area contributed by atoms with E-state index in [1.165, 1.54) is 17.0 Å². The predicted molar refractivity (Wildman–Crippen MR) is 129 cm³/mol. The number of carbonyl (C=O) groups is 1. The molecule has 0 saturated carbocycles. The fourth-order valence-corrected chi connectivity index (χ4v) is 3.96. The smallest absolute Gasteiger partial charge is 0.254 e. The topological polar surface area (TPSA) is 93.8 Å². The third kappa shape index (κ3) is 4.79. The molecule has 1 atom stereocenters. The van der Waals surface area contributed by atoms with E-state index in [1.54, 1.807) is 25.4 Å². The van der Waals surface area contributed by atoms with Crippen molar-refractivity contribution >= 4 is 28.5 Å². The van der Waals surface area contributed by atoms with Crippen LogP contribution >= 0.6 is 11.6 Å². The lowest BCUT2D eigenvalue weighted by molar-refractivity contribution is 0.1000. The van der Waals surface area contributed by atoms with Crippen LogP contribution in [0.4, 0.5) is 8.78 Å². The zero-order chi connectivity index (χ0) is 25.1. The van der Waals surface area contributed by atoms with E-state index < -0.39 is 23.5 Å². The van der Waals surface area contributed by atoms with Crippen LogP contribution in [0.1, 0.15) is 39.4 Å². The Labute approximate surface area is 203 Å². The minimum absolute atomic E-state index is 0.00630. The number of aromatic amines is 1. The molecular formula is C26H17ClF2N4O2. The molecule has 0 aliphatic carbocycles. The first-order chi connectivity index (χ1) is 16.8. The zero-order valence-electron chi connectivity index (χ0n) is 18.3. The van der Waals surface area contributed by atoms with Gasteiger partial charge in [-0.1, -0.05) is 29.5 Å². The van der Waals surface area contributed by atoms with Crippen molar-refractivity contribution in [2.45, 2.75) is 12.3 Å². The van der Waals surface area contributed by atoms with Crippen molar-refractivity contribution in [2.24, 2.45) is 12.8 Å². The number of aromatic nitrogens is 3. The third-order valence-electron chi connectivity index (χ3n) is 5.42. The Morgan fingerprint density at radius 3 is 2.83 bits per heavy atom. The molecule has 6 nitrogen and oxygen atoms in total. The summed E-state index contributed by atoms with van der Waals surface area (Å²) in [6.45, 7) is 0. The van der Waals surface area contributed by atoms with Gasteiger partial charge in [0.05, 0.1) is 21.5 Å². The molecule has 3 heterocycles. The van der Waals surface area contributed by atoms with Gasteiger partial charge in [0, 0.05) is 43.5 Å². The zero-order valence-corrected chi connectivity index (χ0v) is 19.1. The van der Waals surface area contributed by atoms with E-state index in [1.807, 2.05) is 0 Å². The Balaban J connectivity index is 1.74. The summed E-state index contributed by atoms with van der Waals surface area (Å²) in [6, 6.07) is 6.29. The van der Waals surface area contributed by atoms with E-state index >= 15 is 0 Å². The standard InChI is InChI=1S/C26H17ClF2N4O2/c1-33-11-5-8-18(26(33)35)16(19-12-15(28)9-10-22(19)29)6-3-2-4-7-17-20(24(30)34)13-31-25-23(17)21(27)14-32-25/h5,8-14,16H,6H2,1H3,(H2,30,34)(H,31,32). The van der Waals surface area contributed by atoms with Gasteiger partial charge in [-0.2, -0.15) is 0 Å². The second kappa shape index (κ2) is 9.84. The number of rotatable bonds is 4. The summed E-state index contributed by atoms with van der Waals surface area (Å²) in [7, 11) is 1.57. The van der Waals surface area contributed by atoms with Crippen molar-refractivity contribution in [3.63, 3.8) is 0 Å². The van der Waals surface area contributed by atoms with Crippen molar-refractivity contribution in [3.8, 4) is 23.7 Å². The number of primary amides is 1. The number of carbonyl (C=O) groups excluding carboxylic acids is 1. The van der Waals surface area contributed by atoms with Crippen LogP contribution in [0.25, 0.3) is 11.0 Å². The molecule has 1 amide bonds.